The SMILES string of the molecule is Cc1cc(N(CC(N)=O)CC(N)=O)c([C@@H](C)O)cc1F. The topological polar surface area (TPSA) is 110 Å². The van der Waals surface area contributed by atoms with Crippen molar-refractivity contribution in [3.05, 3.63) is 29.1 Å². The van der Waals surface area contributed by atoms with Crippen molar-refractivity contribution in [2.45, 2.75) is 20.0 Å². The second kappa shape index (κ2) is 6.33. The van der Waals surface area contributed by atoms with Crippen molar-refractivity contribution in [3.63, 3.8) is 0 Å². The van der Waals surface area contributed by atoms with Crippen LogP contribution >= 0.6 is 0 Å². The first kappa shape index (κ1) is 15.9. The molecule has 0 aliphatic carbocycles. The molecule has 7 heteroatoms. The third-order valence-corrected chi connectivity index (χ3v) is 2.79. The molecule has 0 fully saturated rings. The molecule has 0 unspecified atom stereocenters. The number of rotatable bonds is 6. The minimum atomic E-state index is -0.969. The van der Waals surface area contributed by atoms with Gasteiger partial charge in [-0.2, -0.15) is 0 Å². The molecule has 5 N–H and O–H groups in total. The van der Waals surface area contributed by atoms with Gasteiger partial charge in [0.15, 0.2) is 0 Å². The molecule has 0 saturated heterocycles. The van der Waals surface area contributed by atoms with Crippen LogP contribution in [0.15, 0.2) is 12.1 Å². The van der Waals surface area contributed by atoms with Gasteiger partial charge in [-0.15, -0.1) is 0 Å². The quantitative estimate of drug-likeness (QED) is 0.680. The predicted octanol–water partition coefficient (Wildman–Crippen LogP) is -0.0356. The summed E-state index contributed by atoms with van der Waals surface area (Å²) in [5.41, 5.74) is 11.2. The molecule has 2 amide bonds. The molecule has 0 bridgehead atoms. The Bertz CT molecular complexity index is 516. The summed E-state index contributed by atoms with van der Waals surface area (Å²) in [6, 6.07) is 2.62. The molecule has 0 aliphatic heterocycles. The third kappa shape index (κ3) is 3.92. The monoisotopic (exact) mass is 283 g/mol. The fraction of sp³-hybridized carbons (Fsp3) is 0.385. The number of primary amides is 2. The summed E-state index contributed by atoms with van der Waals surface area (Å²) in [5.74, 6) is -1.81. The van der Waals surface area contributed by atoms with Crippen molar-refractivity contribution in [2.24, 2.45) is 11.5 Å². The molecule has 0 heterocycles. The van der Waals surface area contributed by atoms with Crippen LogP contribution in [0.4, 0.5) is 10.1 Å². The van der Waals surface area contributed by atoms with Gasteiger partial charge >= 0.3 is 0 Å². The summed E-state index contributed by atoms with van der Waals surface area (Å²) < 4.78 is 13.6. The maximum Gasteiger partial charge on any atom is 0.236 e. The van der Waals surface area contributed by atoms with Crippen LogP contribution in [0.3, 0.4) is 0 Å². The summed E-state index contributed by atoms with van der Waals surface area (Å²) in [5, 5.41) is 9.71. The molecule has 1 aromatic rings. The highest BCUT2D eigenvalue weighted by molar-refractivity contribution is 5.85. The van der Waals surface area contributed by atoms with Gasteiger partial charge in [0.25, 0.3) is 0 Å². The summed E-state index contributed by atoms with van der Waals surface area (Å²) in [6.07, 6.45) is -0.969. The van der Waals surface area contributed by atoms with Crippen LogP contribution in [0, 0.1) is 12.7 Å². The molecule has 6 nitrogen and oxygen atoms in total. The Hall–Kier alpha value is -2.15. The lowest BCUT2D eigenvalue weighted by Crippen LogP contribution is -2.40. The van der Waals surface area contributed by atoms with Crippen molar-refractivity contribution < 1.29 is 19.1 Å². The van der Waals surface area contributed by atoms with Crippen molar-refractivity contribution >= 4 is 17.5 Å². The van der Waals surface area contributed by atoms with E-state index in [1.165, 1.54) is 30.9 Å². The van der Waals surface area contributed by atoms with Gasteiger partial charge in [-0.25, -0.2) is 4.39 Å². The first-order chi connectivity index (χ1) is 9.22. The number of aliphatic hydroxyl groups excluding tert-OH is 1. The molecule has 20 heavy (non-hydrogen) atoms. The Morgan fingerprint density at radius 1 is 1.30 bits per heavy atom. The lowest BCUT2D eigenvalue weighted by molar-refractivity contribution is -0.117. The Labute approximate surface area is 116 Å². The number of nitrogens with zero attached hydrogens (tertiary/aromatic N) is 1. The van der Waals surface area contributed by atoms with Gasteiger partial charge < -0.3 is 21.5 Å². The summed E-state index contributed by atoms with van der Waals surface area (Å²) >= 11 is 0. The number of hydrogen-bond donors (Lipinski definition) is 3. The van der Waals surface area contributed by atoms with Crippen LogP contribution in [0.5, 0.6) is 0 Å². The summed E-state index contributed by atoms with van der Waals surface area (Å²) in [7, 11) is 0. The van der Waals surface area contributed by atoms with Crippen LogP contribution in [0.2, 0.25) is 0 Å². The van der Waals surface area contributed by atoms with E-state index in [1.54, 1.807) is 0 Å². The molecule has 1 rings (SSSR count). The number of nitrogens with two attached hydrogens (primary N) is 2. The van der Waals surface area contributed by atoms with Crippen molar-refractivity contribution in [2.75, 3.05) is 18.0 Å². The van der Waals surface area contributed by atoms with E-state index in [-0.39, 0.29) is 18.7 Å². The molecule has 1 aromatic carbocycles. The van der Waals surface area contributed by atoms with E-state index in [1.807, 2.05) is 0 Å². The lowest BCUT2D eigenvalue weighted by Gasteiger charge is -2.26. The highest BCUT2D eigenvalue weighted by atomic mass is 19.1. The van der Waals surface area contributed by atoms with E-state index in [0.29, 0.717) is 11.3 Å². The minimum Gasteiger partial charge on any atom is -0.389 e. The van der Waals surface area contributed by atoms with Gasteiger partial charge in [-0.1, -0.05) is 0 Å². The second-order valence-corrected chi connectivity index (χ2v) is 4.62. The highest BCUT2D eigenvalue weighted by Crippen LogP contribution is 2.29. The Balaban J connectivity index is 3.32. The van der Waals surface area contributed by atoms with E-state index in [4.69, 9.17) is 11.5 Å². The maximum absolute atomic E-state index is 13.6. The molecule has 0 aliphatic rings. The van der Waals surface area contributed by atoms with Gasteiger partial charge in [0.1, 0.15) is 5.82 Å². The van der Waals surface area contributed by atoms with Crippen LogP contribution < -0.4 is 16.4 Å². The van der Waals surface area contributed by atoms with Gasteiger partial charge in [0, 0.05) is 11.3 Å². The largest absolute Gasteiger partial charge is 0.389 e. The second-order valence-electron chi connectivity index (χ2n) is 4.62. The molecule has 0 spiro atoms. The fourth-order valence-corrected chi connectivity index (χ4v) is 1.89. The van der Waals surface area contributed by atoms with E-state index in [9.17, 15) is 19.1 Å². The smallest absolute Gasteiger partial charge is 0.236 e. The first-order valence-electron chi connectivity index (χ1n) is 6.02. The average Bonchev–Trinajstić information content (AvgIpc) is 2.29. The third-order valence-electron chi connectivity index (χ3n) is 2.79. The molecule has 110 valence electrons. The average molecular weight is 283 g/mol. The first-order valence-corrected chi connectivity index (χ1v) is 6.02. The number of benzene rings is 1. The summed E-state index contributed by atoms with van der Waals surface area (Å²) in [4.78, 5) is 23.5. The minimum absolute atomic E-state index is 0.256. The molecular weight excluding hydrogens is 265 g/mol. The molecule has 0 radical (unpaired) electrons. The Morgan fingerprint density at radius 3 is 2.20 bits per heavy atom. The van der Waals surface area contributed by atoms with Gasteiger partial charge in [-0.05, 0) is 31.5 Å². The van der Waals surface area contributed by atoms with Gasteiger partial charge in [-0.3, -0.25) is 9.59 Å². The van der Waals surface area contributed by atoms with Crippen molar-refractivity contribution in [3.8, 4) is 0 Å². The molecule has 0 aromatic heterocycles. The van der Waals surface area contributed by atoms with Gasteiger partial charge in [0.05, 0.1) is 19.2 Å². The Kier molecular flexibility index (Phi) is 5.04. The van der Waals surface area contributed by atoms with E-state index < -0.39 is 23.7 Å². The van der Waals surface area contributed by atoms with Crippen LogP contribution in [-0.4, -0.2) is 30.0 Å². The number of carbonyl (C=O) groups is 2. The Morgan fingerprint density at radius 2 is 1.80 bits per heavy atom. The number of aliphatic hydroxyl groups is 1. The standard InChI is InChI=1S/C13H18FN3O3/c1-7-3-11(9(8(2)18)4-10(7)14)17(5-12(15)19)6-13(16)20/h3-4,8,18H,5-6H2,1-2H3,(H2,15,19)(H2,16,20)/t8-/m1/s1. The van der Waals surface area contributed by atoms with E-state index in [2.05, 4.69) is 0 Å². The number of aryl methyl sites for hydroxylation is 1. The lowest BCUT2D eigenvalue weighted by atomic mass is 10.0. The van der Waals surface area contributed by atoms with Crippen molar-refractivity contribution in [1.82, 2.24) is 0 Å². The zero-order valence-corrected chi connectivity index (χ0v) is 11.4. The number of anilines is 1. The molecule has 0 saturated carbocycles. The van der Waals surface area contributed by atoms with Crippen LogP contribution in [0.25, 0.3) is 0 Å². The van der Waals surface area contributed by atoms with E-state index >= 15 is 0 Å². The van der Waals surface area contributed by atoms with Crippen LogP contribution in [0.1, 0.15) is 24.2 Å². The van der Waals surface area contributed by atoms with Crippen LogP contribution in [-0.2, 0) is 9.59 Å². The fourth-order valence-electron chi connectivity index (χ4n) is 1.89. The number of hydrogen-bond acceptors (Lipinski definition) is 4. The number of carbonyl (C=O) groups excluding carboxylic acids is 2. The summed E-state index contributed by atoms with van der Waals surface area (Å²) in [6.45, 7) is 2.49. The van der Waals surface area contributed by atoms with Gasteiger partial charge in [0.2, 0.25) is 11.8 Å². The highest BCUT2D eigenvalue weighted by Gasteiger charge is 2.19. The predicted molar refractivity (Wildman–Crippen MR) is 72.4 cm³/mol. The van der Waals surface area contributed by atoms with E-state index in [0.717, 1.165) is 0 Å². The van der Waals surface area contributed by atoms with Crippen molar-refractivity contribution in [1.29, 1.82) is 0 Å². The zero-order valence-electron chi connectivity index (χ0n) is 11.4. The zero-order chi connectivity index (χ0) is 15.4. The number of amides is 2. The normalized spacial score (nSPS) is 12.0. The number of halogens is 1. The molecular formula is C13H18FN3O3. The molecule has 1 atom stereocenters. The maximum atomic E-state index is 13.6.